The van der Waals surface area contributed by atoms with E-state index in [2.05, 4.69) is 6.58 Å². The van der Waals surface area contributed by atoms with Gasteiger partial charge in [0.1, 0.15) is 0 Å². The summed E-state index contributed by atoms with van der Waals surface area (Å²) >= 11 is 0. The smallest absolute Gasteiger partial charge is 0.212 e. The Morgan fingerprint density at radius 2 is 2.09 bits per heavy atom. The van der Waals surface area contributed by atoms with E-state index in [0.717, 1.165) is 6.42 Å². The molecule has 0 aromatic carbocycles. The molecule has 0 spiro atoms. The third-order valence-corrected chi connectivity index (χ3v) is 4.76. The molecule has 4 heteroatoms. The molecule has 11 heavy (non-hydrogen) atoms. The Labute approximate surface area is 71.7 Å². The van der Waals surface area contributed by atoms with Crippen LogP contribution in [0.15, 0.2) is 12.7 Å². The Hall–Kier alpha value is -0.0200. The third kappa shape index (κ3) is 1.76. The number of rotatable bonds is 4. The second-order valence-electron chi connectivity index (χ2n) is 2.95. The van der Waals surface area contributed by atoms with Crippen molar-refractivity contribution in [3.63, 3.8) is 0 Å². The molecule has 0 unspecified atom stereocenters. The maximum Gasteiger partial charge on any atom is 0.238 e. The number of hydrogen-bond acceptors (Lipinski definition) is 2. The molecule has 0 radical (unpaired) electrons. The van der Waals surface area contributed by atoms with Crippen LogP contribution in [0.3, 0.4) is 0 Å². The maximum absolute atomic E-state index is 11.0. The summed E-state index contributed by atoms with van der Waals surface area (Å²) in [4.78, 5) is 0. The van der Waals surface area contributed by atoms with Gasteiger partial charge in [-0.3, -0.25) is 0 Å². The molecule has 0 bridgehead atoms. The zero-order valence-electron chi connectivity index (χ0n) is 6.22. The minimum absolute atomic E-state index is 0.594. The van der Waals surface area contributed by atoms with Gasteiger partial charge in [-0.05, 0) is 25.7 Å². The first-order valence-electron chi connectivity index (χ1n) is 3.57. The molecular weight excluding hydrogens is 184 g/mol. The van der Waals surface area contributed by atoms with Crippen molar-refractivity contribution in [2.75, 3.05) is 0 Å². The first kappa shape index (κ1) is 9.07. The largest absolute Gasteiger partial charge is 0.238 e. The van der Waals surface area contributed by atoms with Crippen LogP contribution in [0.1, 0.15) is 25.7 Å². The highest BCUT2D eigenvalue weighted by molar-refractivity contribution is 8.15. The van der Waals surface area contributed by atoms with Crippen molar-refractivity contribution in [2.45, 2.75) is 30.4 Å². The van der Waals surface area contributed by atoms with Crippen molar-refractivity contribution in [1.82, 2.24) is 0 Å². The minimum atomic E-state index is -3.34. The molecule has 1 aliphatic carbocycles. The summed E-state index contributed by atoms with van der Waals surface area (Å²) in [6.45, 7) is 3.54. The van der Waals surface area contributed by atoms with Crippen LogP contribution in [0.5, 0.6) is 0 Å². The quantitative estimate of drug-likeness (QED) is 0.507. The topological polar surface area (TPSA) is 34.1 Å². The van der Waals surface area contributed by atoms with Gasteiger partial charge in [0.25, 0.3) is 0 Å². The molecule has 1 aliphatic rings. The van der Waals surface area contributed by atoms with Crippen LogP contribution in [0, 0.1) is 0 Å². The Morgan fingerprint density at radius 3 is 2.36 bits per heavy atom. The Bertz CT molecular complexity index is 252. The molecule has 0 aliphatic heterocycles. The lowest BCUT2D eigenvalue weighted by Crippen LogP contribution is -2.16. The van der Waals surface area contributed by atoms with Crippen LogP contribution in [0.2, 0.25) is 0 Å². The van der Waals surface area contributed by atoms with E-state index in [0.29, 0.717) is 19.3 Å². The fourth-order valence-corrected chi connectivity index (χ4v) is 2.77. The molecule has 2 nitrogen and oxygen atoms in total. The van der Waals surface area contributed by atoms with Crippen molar-refractivity contribution in [3.05, 3.63) is 12.7 Å². The molecular formula is C7H11ClO2S. The van der Waals surface area contributed by atoms with Crippen molar-refractivity contribution < 1.29 is 8.42 Å². The standard InChI is InChI=1S/C7H11ClO2S/c1-2-3-4-7(5-6-7)11(8,9)10/h2H,1,3-6H2. The third-order valence-electron chi connectivity index (χ3n) is 2.13. The maximum atomic E-state index is 11.0. The summed E-state index contributed by atoms with van der Waals surface area (Å²) in [5.74, 6) is 0. The molecule has 1 fully saturated rings. The summed E-state index contributed by atoms with van der Waals surface area (Å²) < 4.78 is 21.3. The summed E-state index contributed by atoms with van der Waals surface area (Å²) in [5, 5.41) is 0. The van der Waals surface area contributed by atoms with Crippen LogP contribution in [0.4, 0.5) is 0 Å². The molecule has 0 aromatic heterocycles. The van der Waals surface area contributed by atoms with E-state index in [4.69, 9.17) is 10.7 Å². The molecule has 1 rings (SSSR count). The van der Waals surface area contributed by atoms with Gasteiger partial charge in [0, 0.05) is 10.7 Å². The summed E-state index contributed by atoms with van der Waals surface area (Å²) in [6, 6.07) is 0. The molecule has 0 atom stereocenters. The van der Waals surface area contributed by atoms with Crippen LogP contribution in [-0.4, -0.2) is 13.2 Å². The van der Waals surface area contributed by atoms with E-state index in [1.165, 1.54) is 0 Å². The van der Waals surface area contributed by atoms with Crippen molar-refractivity contribution >= 4 is 19.7 Å². The first-order chi connectivity index (χ1) is 5.02. The fourth-order valence-electron chi connectivity index (χ4n) is 1.12. The average Bonchev–Trinajstić information content (AvgIpc) is 2.61. The summed E-state index contributed by atoms with van der Waals surface area (Å²) in [6.07, 6.45) is 4.51. The molecule has 0 saturated heterocycles. The van der Waals surface area contributed by atoms with Crippen LogP contribution < -0.4 is 0 Å². The summed E-state index contributed by atoms with van der Waals surface area (Å²) in [7, 11) is 1.92. The zero-order chi connectivity index (χ0) is 8.54. The van der Waals surface area contributed by atoms with Crippen LogP contribution >= 0.6 is 10.7 Å². The highest BCUT2D eigenvalue weighted by Gasteiger charge is 2.52. The van der Waals surface area contributed by atoms with Gasteiger partial charge in [-0.1, -0.05) is 6.08 Å². The zero-order valence-corrected chi connectivity index (χ0v) is 7.79. The second-order valence-corrected chi connectivity index (χ2v) is 5.91. The van der Waals surface area contributed by atoms with E-state index in [-0.39, 0.29) is 0 Å². The minimum Gasteiger partial charge on any atom is -0.212 e. The van der Waals surface area contributed by atoms with E-state index in [1.54, 1.807) is 6.08 Å². The second kappa shape index (κ2) is 2.79. The lowest BCUT2D eigenvalue weighted by Gasteiger charge is -2.07. The van der Waals surface area contributed by atoms with Gasteiger partial charge in [0.2, 0.25) is 9.05 Å². The van der Waals surface area contributed by atoms with Gasteiger partial charge >= 0.3 is 0 Å². The van der Waals surface area contributed by atoms with Gasteiger partial charge in [-0.25, -0.2) is 8.42 Å². The Kier molecular flexibility index (Phi) is 2.30. The van der Waals surface area contributed by atoms with E-state index in [9.17, 15) is 8.42 Å². The van der Waals surface area contributed by atoms with E-state index >= 15 is 0 Å². The SMILES string of the molecule is C=CCCC1(S(=O)(=O)Cl)CC1. The summed E-state index contributed by atoms with van der Waals surface area (Å²) in [5.41, 5.74) is 0. The molecule has 0 heterocycles. The Balaban J connectivity index is 2.62. The molecule has 0 N–H and O–H groups in total. The first-order valence-corrected chi connectivity index (χ1v) is 5.88. The number of halogens is 1. The molecule has 0 aromatic rings. The molecule has 64 valence electrons. The van der Waals surface area contributed by atoms with Gasteiger partial charge < -0.3 is 0 Å². The molecule has 1 saturated carbocycles. The fraction of sp³-hybridized carbons (Fsp3) is 0.714. The van der Waals surface area contributed by atoms with Gasteiger partial charge in [0.15, 0.2) is 0 Å². The predicted octanol–water partition coefficient (Wildman–Crippen LogP) is 2.05. The van der Waals surface area contributed by atoms with Crippen LogP contribution in [0.25, 0.3) is 0 Å². The lowest BCUT2D eigenvalue weighted by atomic mass is 10.2. The Morgan fingerprint density at radius 1 is 1.55 bits per heavy atom. The van der Waals surface area contributed by atoms with E-state index in [1.807, 2.05) is 0 Å². The van der Waals surface area contributed by atoms with Gasteiger partial charge in [0.05, 0.1) is 4.75 Å². The monoisotopic (exact) mass is 194 g/mol. The number of hydrogen-bond donors (Lipinski definition) is 0. The highest BCUT2D eigenvalue weighted by Crippen LogP contribution is 2.49. The lowest BCUT2D eigenvalue weighted by molar-refractivity contribution is 0.583. The van der Waals surface area contributed by atoms with Gasteiger partial charge in [-0.2, -0.15) is 0 Å². The average molecular weight is 195 g/mol. The molecule has 0 amide bonds. The van der Waals surface area contributed by atoms with Crippen molar-refractivity contribution in [1.29, 1.82) is 0 Å². The van der Waals surface area contributed by atoms with Crippen molar-refractivity contribution in [2.24, 2.45) is 0 Å². The normalized spacial score (nSPS) is 21.2. The predicted molar refractivity (Wildman–Crippen MR) is 46.2 cm³/mol. The number of allylic oxidation sites excluding steroid dienone is 1. The highest BCUT2D eigenvalue weighted by atomic mass is 35.7. The van der Waals surface area contributed by atoms with Crippen LogP contribution in [-0.2, 0) is 9.05 Å². The van der Waals surface area contributed by atoms with E-state index < -0.39 is 13.8 Å². The van der Waals surface area contributed by atoms with Gasteiger partial charge in [-0.15, -0.1) is 6.58 Å². The van der Waals surface area contributed by atoms with Crippen molar-refractivity contribution in [3.8, 4) is 0 Å².